The molecule has 0 aromatic heterocycles. The molecule has 0 bridgehead atoms. The molecule has 2 amide bonds. The fraction of sp³-hybridized carbons (Fsp3) is 0.579. The van der Waals surface area contributed by atoms with Crippen molar-refractivity contribution in [3.63, 3.8) is 0 Å². The van der Waals surface area contributed by atoms with Gasteiger partial charge in [-0.15, -0.1) is 0 Å². The monoisotopic (exact) mass is 395 g/mol. The molecular formula is C19H26ClN3O4. The fourth-order valence-corrected chi connectivity index (χ4v) is 3.85. The van der Waals surface area contributed by atoms with Gasteiger partial charge in [-0.2, -0.15) is 0 Å². The van der Waals surface area contributed by atoms with Gasteiger partial charge in [-0.05, 0) is 17.7 Å². The predicted molar refractivity (Wildman–Crippen MR) is 101 cm³/mol. The zero-order chi connectivity index (χ0) is 19.6. The number of aliphatic hydroxyl groups is 2. The van der Waals surface area contributed by atoms with Crippen molar-refractivity contribution in [1.29, 1.82) is 0 Å². The summed E-state index contributed by atoms with van der Waals surface area (Å²) >= 11 is 5.86. The standard InChI is InChI=1S/C19H26ClN3O4/c1-14(24)22-8-6-21(7-9-22)12-19(27)13-23(11-17(19)25)18(26)10-15-2-4-16(20)5-3-15/h2-5,17,25,27H,6-13H2,1H3/t17-,19+/m1/s1. The van der Waals surface area contributed by atoms with Crippen LogP contribution in [0.25, 0.3) is 0 Å². The Labute approximate surface area is 164 Å². The summed E-state index contributed by atoms with van der Waals surface area (Å²) in [5, 5.41) is 21.9. The molecule has 2 atom stereocenters. The molecule has 2 N–H and O–H groups in total. The number of hydrogen-bond acceptors (Lipinski definition) is 5. The summed E-state index contributed by atoms with van der Waals surface area (Å²) in [7, 11) is 0. The molecule has 2 aliphatic rings. The van der Waals surface area contributed by atoms with E-state index < -0.39 is 11.7 Å². The minimum absolute atomic E-state index is 0.0493. The molecule has 0 radical (unpaired) electrons. The first-order valence-corrected chi connectivity index (χ1v) is 9.55. The highest BCUT2D eigenvalue weighted by molar-refractivity contribution is 6.30. The Morgan fingerprint density at radius 3 is 2.37 bits per heavy atom. The van der Waals surface area contributed by atoms with Crippen LogP contribution in [0.4, 0.5) is 0 Å². The van der Waals surface area contributed by atoms with Crippen molar-refractivity contribution in [2.24, 2.45) is 0 Å². The molecular weight excluding hydrogens is 370 g/mol. The van der Waals surface area contributed by atoms with Gasteiger partial charge < -0.3 is 20.0 Å². The summed E-state index contributed by atoms with van der Waals surface area (Å²) in [4.78, 5) is 29.3. The maximum absolute atomic E-state index is 12.6. The largest absolute Gasteiger partial charge is 0.388 e. The summed E-state index contributed by atoms with van der Waals surface area (Å²) in [5.41, 5.74) is -0.511. The second-order valence-electron chi connectivity index (χ2n) is 7.48. The average molecular weight is 396 g/mol. The highest BCUT2D eigenvalue weighted by Gasteiger charge is 2.47. The number of rotatable bonds is 4. The maximum Gasteiger partial charge on any atom is 0.227 e. The summed E-state index contributed by atoms with van der Waals surface area (Å²) in [6.07, 6.45) is -0.783. The van der Waals surface area contributed by atoms with Crippen LogP contribution < -0.4 is 0 Å². The minimum atomic E-state index is -1.35. The van der Waals surface area contributed by atoms with Crippen molar-refractivity contribution < 1.29 is 19.8 Å². The van der Waals surface area contributed by atoms with Crippen LogP contribution in [-0.2, 0) is 16.0 Å². The first-order chi connectivity index (χ1) is 12.8. The topological polar surface area (TPSA) is 84.3 Å². The Hall–Kier alpha value is -1.67. The molecule has 148 valence electrons. The molecule has 8 heteroatoms. The molecule has 2 saturated heterocycles. The molecule has 0 aliphatic carbocycles. The van der Waals surface area contributed by atoms with E-state index in [0.717, 1.165) is 5.56 Å². The van der Waals surface area contributed by atoms with Crippen molar-refractivity contribution in [2.45, 2.75) is 25.0 Å². The number of benzene rings is 1. The van der Waals surface area contributed by atoms with Crippen molar-refractivity contribution in [3.05, 3.63) is 34.9 Å². The predicted octanol–water partition coefficient (Wildman–Crippen LogP) is -0.0192. The second kappa shape index (κ2) is 8.14. The summed E-state index contributed by atoms with van der Waals surface area (Å²) < 4.78 is 0. The minimum Gasteiger partial charge on any atom is -0.388 e. The molecule has 2 aliphatic heterocycles. The lowest BCUT2D eigenvalue weighted by atomic mass is 9.99. The number of aliphatic hydroxyl groups excluding tert-OH is 1. The number of carbonyl (C=O) groups excluding carboxylic acids is 2. The van der Waals surface area contributed by atoms with Crippen molar-refractivity contribution in [1.82, 2.24) is 14.7 Å². The third-order valence-electron chi connectivity index (χ3n) is 5.41. The van der Waals surface area contributed by atoms with Crippen LogP contribution in [0.1, 0.15) is 12.5 Å². The Kier molecular flexibility index (Phi) is 6.05. The van der Waals surface area contributed by atoms with Gasteiger partial charge in [0, 0.05) is 51.2 Å². The highest BCUT2D eigenvalue weighted by atomic mass is 35.5. The van der Waals surface area contributed by atoms with Gasteiger partial charge in [0.15, 0.2) is 0 Å². The molecule has 0 saturated carbocycles. The van der Waals surface area contributed by atoms with E-state index in [-0.39, 0.29) is 37.9 Å². The summed E-state index contributed by atoms with van der Waals surface area (Å²) in [6.45, 7) is 4.57. The number of amides is 2. The van der Waals surface area contributed by atoms with Crippen molar-refractivity contribution in [3.8, 4) is 0 Å². The van der Waals surface area contributed by atoms with Gasteiger partial charge in [0.1, 0.15) is 11.7 Å². The van der Waals surface area contributed by atoms with E-state index in [9.17, 15) is 19.8 Å². The normalized spacial score (nSPS) is 26.4. The summed E-state index contributed by atoms with van der Waals surface area (Å²) in [5.74, 6) is -0.0815. The number of β-amino-alcohol motifs (C(OH)–C–C–N with tert-alkyl or cyclic N) is 2. The second-order valence-corrected chi connectivity index (χ2v) is 7.92. The molecule has 1 aromatic rings. The SMILES string of the molecule is CC(=O)N1CCN(C[C@]2(O)CN(C(=O)Cc3ccc(Cl)cc3)C[C@H]2O)CC1. The van der Waals surface area contributed by atoms with Gasteiger partial charge in [-0.25, -0.2) is 0 Å². The maximum atomic E-state index is 12.6. The summed E-state index contributed by atoms with van der Waals surface area (Å²) in [6, 6.07) is 7.07. The van der Waals surface area contributed by atoms with Gasteiger partial charge in [0.2, 0.25) is 11.8 Å². The van der Waals surface area contributed by atoms with E-state index in [4.69, 9.17) is 11.6 Å². The molecule has 3 rings (SSSR count). The smallest absolute Gasteiger partial charge is 0.227 e. The molecule has 27 heavy (non-hydrogen) atoms. The van der Waals surface area contributed by atoms with Crippen LogP contribution in [0.5, 0.6) is 0 Å². The Morgan fingerprint density at radius 1 is 1.15 bits per heavy atom. The number of nitrogens with zero attached hydrogens (tertiary/aromatic N) is 3. The number of hydrogen-bond donors (Lipinski definition) is 2. The van der Waals surface area contributed by atoms with E-state index in [0.29, 0.717) is 31.2 Å². The number of halogens is 1. The van der Waals surface area contributed by atoms with E-state index in [2.05, 4.69) is 0 Å². The van der Waals surface area contributed by atoms with Gasteiger partial charge in [-0.3, -0.25) is 14.5 Å². The van der Waals surface area contributed by atoms with Crippen LogP contribution >= 0.6 is 11.6 Å². The van der Waals surface area contributed by atoms with Crippen molar-refractivity contribution >= 4 is 23.4 Å². The molecule has 1 aromatic carbocycles. The Balaban J connectivity index is 1.55. The molecule has 7 nitrogen and oxygen atoms in total. The number of likely N-dealkylation sites (tertiary alicyclic amines) is 1. The van der Waals surface area contributed by atoms with E-state index in [1.54, 1.807) is 36.1 Å². The lowest BCUT2D eigenvalue weighted by Gasteiger charge is -2.38. The van der Waals surface area contributed by atoms with Crippen LogP contribution in [-0.4, -0.2) is 94.2 Å². The molecule has 0 spiro atoms. The van der Waals surface area contributed by atoms with E-state index in [1.165, 1.54) is 4.90 Å². The lowest BCUT2D eigenvalue weighted by molar-refractivity contribution is -0.132. The van der Waals surface area contributed by atoms with Crippen LogP contribution in [0.2, 0.25) is 5.02 Å². The fourth-order valence-electron chi connectivity index (χ4n) is 3.72. The first-order valence-electron chi connectivity index (χ1n) is 9.17. The third-order valence-corrected chi connectivity index (χ3v) is 5.67. The average Bonchev–Trinajstić information content (AvgIpc) is 2.92. The van der Waals surface area contributed by atoms with Gasteiger partial charge in [0.25, 0.3) is 0 Å². The lowest BCUT2D eigenvalue weighted by Crippen LogP contribution is -2.56. The van der Waals surface area contributed by atoms with Gasteiger partial charge in [-0.1, -0.05) is 23.7 Å². The molecule has 2 heterocycles. The third kappa shape index (κ3) is 4.79. The van der Waals surface area contributed by atoms with Gasteiger partial charge in [0.05, 0.1) is 13.0 Å². The van der Waals surface area contributed by atoms with Gasteiger partial charge >= 0.3 is 0 Å². The molecule has 2 fully saturated rings. The zero-order valence-electron chi connectivity index (χ0n) is 15.5. The van der Waals surface area contributed by atoms with Crippen LogP contribution in [0.15, 0.2) is 24.3 Å². The van der Waals surface area contributed by atoms with Crippen LogP contribution in [0, 0.1) is 0 Å². The molecule has 0 unspecified atom stereocenters. The van der Waals surface area contributed by atoms with E-state index >= 15 is 0 Å². The highest BCUT2D eigenvalue weighted by Crippen LogP contribution is 2.25. The first kappa shape index (κ1) is 20.1. The number of carbonyl (C=O) groups is 2. The van der Waals surface area contributed by atoms with E-state index in [1.807, 2.05) is 4.90 Å². The van der Waals surface area contributed by atoms with Crippen molar-refractivity contribution in [2.75, 3.05) is 45.8 Å². The Bertz CT molecular complexity index is 691. The Morgan fingerprint density at radius 2 is 1.78 bits per heavy atom. The van der Waals surface area contributed by atoms with Crippen LogP contribution in [0.3, 0.4) is 0 Å². The number of piperazine rings is 1. The zero-order valence-corrected chi connectivity index (χ0v) is 16.2. The quantitative estimate of drug-likeness (QED) is 0.748.